The number of rotatable bonds is 0. The molecule has 2 fully saturated rings. The zero-order valence-corrected chi connectivity index (χ0v) is 12.4. The van der Waals surface area contributed by atoms with Crippen molar-refractivity contribution in [2.75, 3.05) is 0 Å². The summed E-state index contributed by atoms with van der Waals surface area (Å²) in [5.41, 5.74) is 0. The molecule has 108 valence electrons. The fourth-order valence-corrected chi connectivity index (χ4v) is 2.37. The molecule has 0 aromatic rings. The van der Waals surface area contributed by atoms with Crippen LogP contribution in [0, 0.1) is 5.92 Å². The monoisotopic (exact) mass is 248 g/mol. The fourth-order valence-electron chi connectivity index (χ4n) is 2.37. The molecule has 0 bridgehead atoms. The molecule has 0 aromatic heterocycles. The maximum atomic E-state index is 2.36. The first-order valence-electron chi connectivity index (χ1n) is 7.39. The molecule has 0 unspecified atom stereocenters. The maximum Gasteiger partial charge on any atom is -0.0443 e. The van der Waals surface area contributed by atoms with E-state index in [2.05, 4.69) is 6.92 Å². The van der Waals surface area contributed by atoms with E-state index in [1.165, 1.54) is 70.6 Å². The first-order chi connectivity index (χ1) is 7.39. The van der Waals surface area contributed by atoms with Gasteiger partial charge < -0.3 is 11.0 Å². The molecule has 4 N–H and O–H groups in total. The minimum absolute atomic E-state index is 0. The molecule has 0 spiro atoms. The Morgan fingerprint density at radius 3 is 0.941 bits per heavy atom. The Morgan fingerprint density at radius 1 is 0.529 bits per heavy atom. The summed E-state index contributed by atoms with van der Waals surface area (Å²) in [7, 11) is 0. The van der Waals surface area contributed by atoms with Crippen molar-refractivity contribution in [1.29, 1.82) is 0 Å². The van der Waals surface area contributed by atoms with Crippen LogP contribution in [0.1, 0.15) is 91.4 Å². The van der Waals surface area contributed by atoms with E-state index in [0.717, 1.165) is 5.92 Å². The summed E-state index contributed by atoms with van der Waals surface area (Å²) in [5, 5.41) is 0. The zero-order chi connectivity index (χ0) is 11.4. The Hall–Kier alpha value is -0.0800. The molecule has 2 aliphatic carbocycles. The van der Waals surface area contributed by atoms with Crippen molar-refractivity contribution >= 4 is 0 Å². The fraction of sp³-hybridized carbons (Fsp3) is 1.00. The number of hydrogen-bond acceptors (Lipinski definition) is 0. The molecule has 17 heavy (non-hydrogen) atoms. The van der Waals surface area contributed by atoms with Gasteiger partial charge >= 0.3 is 0 Å². The minimum Gasteiger partial charge on any atom is -0.412 e. The van der Waals surface area contributed by atoms with Gasteiger partial charge in [-0.1, -0.05) is 91.4 Å². The summed E-state index contributed by atoms with van der Waals surface area (Å²) in [5.74, 6) is 1.04. The predicted molar refractivity (Wildman–Crippen MR) is 78.5 cm³/mol. The highest BCUT2D eigenvalue weighted by Gasteiger charge is 2.05. The normalized spacial score (nSPS) is 19.2. The molecule has 2 nitrogen and oxygen atoms in total. The van der Waals surface area contributed by atoms with Gasteiger partial charge in [0, 0.05) is 0 Å². The van der Waals surface area contributed by atoms with E-state index in [0.29, 0.717) is 0 Å². The zero-order valence-electron chi connectivity index (χ0n) is 12.4. The molecule has 0 heterocycles. The van der Waals surface area contributed by atoms with Crippen molar-refractivity contribution in [3.8, 4) is 0 Å². The summed E-state index contributed by atoms with van der Waals surface area (Å²) in [4.78, 5) is 0. The molecule has 2 rings (SSSR count). The predicted octanol–water partition coefficient (Wildman–Crippen LogP) is 4.30. The van der Waals surface area contributed by atoms with Crippen molar-refractivity contribution in [2.45, 2.75) is 91.4 Å². The summed E-state index contributed by atoms with van der Waals surface area (Å²) in [6, 6.07) is 0. The standard InChI is InChI=1S/C7H14.C6H12.C2H6.2H2O/c1-7-5-3-2-4-6-7;1-2-4-6-5-3-1;1-2;;/h7H,2-6H2,1H3;1-6H2;1-2H3;2*1H2. The van der Waals surface area contributed by atoms with Crippen molar-refractivity contribution in [2.24, 2.45) is 5.92 Å². The third-order valence-electron chi connectivity index (χ3n) is 3.39. The lowest BCUT2D eigenvalue weighted by molar-refractivity contribution is 0.385. The van der Waals surface area contributed by atoms with Crippen LogP contribution in [-0.2, 0) is 0 Å². The highest BCUT2D eigenvalue weighted by Crippen LogP contribution is 2.22. The molecule has 0 aromatic carbocycles. The molecule has 0 aliphatic heterocycles. The molecule has 2 saturated carbocycles. The summed E-state index contributed by atoms with van der Waals surface area (Å²) in [6.45, 7) is 6.36. The second kappa shape index (κ2) is 18.3. The van der Waals surface area contributed by atoms with Gasteiger partial charge in [0.25, 0.3) is 0 Å². The summed E-state index contributed by atoms with van der Waals surface area (Å²) < 4.78 is 0. The van der Waals surface area contributed by atoms with Gasteiger partial charge in [0.05, 0.1) is 0 Å². The van der Waals surface area contributed by atoms with Crippen LogP contribution in [0.25, 0.3) is 0 Å². The highest BCUT2D eigenvalue weighted by molar-refractivity contribution is 4.59. The van der Waals surface area contributed by atoms with Gasteiger partial charge in [-0.25, -0.2) is 0 Å². The molecule has 0 atom stereocenters. The van der Waals surface area contributed by atoms with Crippen molar-refractivity contribution in [1.82, 2.24) is 0 Å². The number of hydrogen-bond donors (Lipinski definition) is 0. The summed E-state index contributed by atoms with van der Waals surface area (Å²) in [6.07, 6.45) is 16.4. The van der Waals surface area contributed by atoms with E-state index in [4.69, 9.17) is 0 Å². The lowest BCUT2D eigenvalue weighted by atomic mass is 9.91. The van der Waals surface area contributed by atoms with Crippen LogP contribution in [-0.4, -0.2) is 11.0 Å². The van der Waals surface area contributed by atoms with E-state index in [-0.39, 0.29) is 11.0 Å². The van der Waals surface area contributed by atoms with Gasteiger partial charge in [-0.3, -0.25) is 0 Å². The second-order valence-electron chi connectivity index (χ2n) is 4.86. The van der Waals surface area contributed by atoms with Gasteiger partial charge in [-0.05, 0) is 5.92 Å². The van der Waals surface area contributed by atoms with Crippen LogP contribution in [0.2, 0.25) is 0 Å². The third-order valence-corrected chi connectivity index (χ3v) is 3.39. The Labute approximate surface area is 109 Å². The van der Waals surface area contributed by atoms with Gasteiger partial charge in [-0.2, -0.15) is 0 Å². The lowest BCUT2D eigenvalue weighted by Crippen LogP contribution is -1.99. The first kappa shape index (κ1) is 22.1. The Bertz CT molecular complexity index is 94.0. The average molecular weight is 248 g/mol. The van der Waals surface area contributed by atoms with E-state index in [1.54, 1.807) is 0 Å². The quantitative estimate of drug-likeness (QED) is 0.613. The molecule has 0 amide bonds. The van der Waals surface area contributed by atoms with E-state index in [9.17, 15) is 0 Å². The third kappa shape index (κ3) is 15.9. The lowest BCUT2D eigenvalue weighted by Gasteiger charge is -2.15. The SMILES string of the molecule is C1CCCCC1.CC.CC1CCCCC1.O.O. The Balaban J connectivity index is -0.000000184. The van der Waals surface area contributed by atoms with Crippen LogP contribution < -0.4 is 0 Å². The van der Waals surface area contributed by atoms with Gasteiger partial charge in [-0.15, -0.1) is 0 Å². The molecular formula is C15H36O2. The van der Waals surface area contributed by atoms with E-state index >= 15 is 0 Å². The van der Waals surface area contributed by atoms with Crippen molar-refractivity contribution in [3.63, 3.8) is 0 Å². The van der Waals surface area contributed by atoms with Crippen LogP contribution >= 0.6 is 0 Å². The van der Waals surface area contributed by atoms with Gasteiger partial charge in [0.2, 0.25) is 0 Å². The molecular weight excluding hydrogens is 212 g/mol. The molecule has 2 heteroatoms. The minimum atomic E-state index is 0. The van der Waals surface area contributed by atoms with Crippen LogP contribution in [0.15, 0.2) is 0 Å². The van der Waals surface area contributed by atoms with E-state index in [1.807, 2.05) is 13.8 Å². The summed E-state index contributed by atoms with van der Waals surface area (Å²) >= 11 is 0. The smallest absolute Gasteiger partial charge is 0.0443 e. The molecule has 0 radical (unpaired) electrons. The highest BCUT2D eigenvalue weighted by atomic mass is 16.0. The molecule has 0 saturated heterocycles. The van der Waals surface area contributed by atoms with Crippen molar-refractivity contribution < 1.29 is 11.0 Å². The topological polar surface area (TPSA) is 63.0 Å². The second-order valence-corrected chi connectivity index (χ2v) is 4.86. The molecule has 2 aliphatic rings. The van der Waals surface area contributed by atoms with Crippen LogP contribution in [0.4, 0.5) is 0 Å². The van der Waals surface area contributed by atoms with Crippen LogP contribution in [0.3, 0.4) is 0 Å². The van der Waals surface area contributed by atoms with Gasteiger partial charge in [0.1, 0.15) is 0 Å². The maximum absolute atomic E-state index is 2.36. The van der Waals surface area contributed by atoms with Gasteiger partial charge in [0.15, 0.2) is 0 Å². The van der Waals surface area contributed by atoms with Crippen LogP contribution in [0.5, 0.6) is 0 Å². The Morgan fingerprint density at radius 2 is 0.765 bits per heavy atom. The Kier molecular flexibility index (Phi) is 23.8. The van der Waals surface area contributed by atoms with Crippen molar-refractivity contribution in [3.05, 3.63) is 0 Å². The largest absolute Gasteiger partial charge is 0.412 e. The first-order valence-corrected chi connectivity index (χ1v) is 7.39. The average Bonchev–Trinajstić information content (AvgIpc) is 2.36. The van der Waals surface area contributed by atoms with E-state index < -0.39 is 0 Å².